The van der Waals surface area contributed by atoms with Crippen LogP contribution < -0.4 is 0 Å². The van der Waals surface area contributed by atoms with Gasteiger partial charge in [-0.1, -0.05) is 0 Å². The van der Waals surface area contributed by atoms with Gasteiger partial charge in [0.05, 0.1) is 5.92 Å². The highest BCUT2D eigenvalue weighted by molar-refractivity contribution is 5.70. The molecule has 0 bridgehead atoms. The van der Waals surface area contributed by atoms with Crippen LogP contribution in [0.15, 0.2) is 0 Å². The van der Waals surface area contributed by atoms with Gasteiger partial charge in [-0.3, -0.25) is 14.6 Å². The van der Waals surface area contributed by atoms with Gasteiger partial charge in [0, 0.05) is 24.7 Å². The van der Waals surface area contributed by atoms with Gasteiger partial charge in [-0.15, -0.1) is 0 Å². The minimum absolute atomic E-state index is 0.114. The molecule has 4 heteroatoms. The number of aliphatic carboxylic acids is 1. The molecule has 3 rings (SSSR count). The van der Waals surface area contributed by atoms with E-state index in [0.717, 1.165) is 25.4 Å². The lowest BCUT2D eigenvalue weighted by Gasteiger charge is -2.42. The molecular formula is C14H24N2O2. The number of carboxylic acids is 1. The quantitative estimate of drug-likeness (QED) is 0.807. The fourth-order valence-electron chi connectivity index (χ4n) is 4.35. The zero-order valence-electron chi connectivity index (χ0n) is 11.2. The second kappa shape index (κ2) is 4.82. The topological polar surface area (TPSA) is 43.8 Å². The van der Waals surface area contributed by atoms with Gasteiger partial charge in [0.1, 0.15) is 0 Å². The molecule has 4 nitrogen and oxygen atoms in total. The van der Waals surface area contributed by atoms with Crippen LogP contribution in [-0.4, -0.2) is 58.6 Å². The summed E-state index contributed by atoms with van der Waals surface area (Å²) in [4.78, 5) is 16.3. The molecule has 4 unspecified atom stereocenters. The van der Waals surface area contributed by atoms with E-state index < -0.39 is 5.97 Å². The molecule has 3 aliphatic heterocycles. The Morgan fingerprint density at radius 3 is 2.67 bits per heavy atom. The third kappa shape index (κ3) is 2.05. The fourth-order valence-corrected chi connectivity index (χ4v) is 4.35. The van der Waals surface area contributed by atoms with Crippen LogP contribution in [0.4, 0.5) is 0 Å². The Kier molecular flexibility index (Phi) is 3.32. The van der Waals surface area contributed by atoms with Crippen molar-refractivity contribution in [1.29, 1.82) is 0 Å². The van der Waals surface area contributed by atoms with Crippen LogP contribution in [0, 0.1) is 5.92 Å². The van der Waals surface area contributed by atoms with E-state index in [4.69, 9.17) is 5.11 Å². The maximum absolute atomic E-state index is 11.1. The molecule has 3 fully saturated rings. The summed E-state index contributed by atoms with van der Waals surface area (Å²) >= 11 is 0. The van der Waals surface area contributed by atoms with E-state index >= 15 is 0 Å². The van der Waals surface area contributed by atoms with Crippen LogP contribution in [0.5, 0.6) is 0 Å². The monoisotopic (exact) mass is 252 g/mol. The summed E-state index contributed by atoms with van der Waals surface area (Å²) in [7, 11) is 0. The number of piperidine rings is 1. The first-order valence-electron chi connectivity index (χ1n) is 7.39. The number of hydrogen-bond donors (Lipinski definition) is 1. The number of carboxylic acid groups (broad SMARTS) is 1. The van der Waals surface area contributed by atoms with E-state index in [9.17, 15) is 4.79 Å². The Labute approximate surface area is 109 Å². The van der Waals surface area contributed by atoms with Crippen LogP contribution in [0.25, 0.3) is 0 Å². The highest BCUT2D eigenvalue weighted by Gasteiger charge is 2.43. The van der Waals surface area contributed by atoms with E-state index in [1.54, 1.807) is 0 Å². The Hall–Kier alpha value is -0.610. The number of fused-ring (bicyclic) bond motifs is 1. The van der Waals surface area contributed by atoms with Crippen LogP contribution in [0.2, 0.25) is 0 Å². The first-order valence-corrected chi connectivity index (χ1v) is 7.39. The van der Waals surface area contributed by atoms with Gasteiger partial charge in [0.15, 0.2) is 0 Å². The van der Waals surface area contributed by atoms with Crippen molar-refractivity contribution in [1.82, 2.24) is 9.80 Å². The molecule has 3 saturated heterocycles. The minimum Gasteiger partial charge on any atom is -0.481 e. The Balaban J connectivity index is 1.65. The summed E-state index contributed by atoms with van der Waals surface area (Å²) in [6, 6.07) is 1.89. The fraction of sp³-hybridized carbons (Fsp3) is 0.929. The SMILES string of the molecule is CC1CC(C(=O)O)CCN1C1CCN2CCCC12. The highest BCUT2D eigenvalue weighted by atomic mass is 16.4. The van der Waals surface area contributed by atoms with Gasteiger partial charge in [-0.2, -0.15) is 0 Å². The lowest BCUT2D eigenvalue weighted by atomic mass is 9.89. The largest absolute Gasteiger partial charge is 0.481 e. The Morgan fingerprint density at radius 2 is 1.94 bits per heavy atom. The lowest BCUT2D eigenvalue weighted by molar-refractivity contribution is -0.144. The van der Waals surface area contributed by atoms with Crippen molar-refractivity contribution in [3.63, 3.8) is 0 Å². The Bertz CT molecular complexity index is 334. The molecule has 0 radical (unpaired) electrons. The molecule has 0 spiro atoms. The van der Waals surface area contributed by atoms with Crippen LogP contribution in [0.1, 0.15) is 39.0 Å². The molecule has 1 N–H and O–H groups in total. The van der Waals surface area contributed by atoms with Gasteiger partial charge < -0.3 is 5.11 Å². The molecular weight excluding hydrogens is 228 g/mol. The van der Waals surface area contributed by atoms with Crippen molar-refractivity contribution in [3.05, 3.63) is 0 Å². The second-order valence-electron chi connectivity index (χ2n) is 6.25. The standard InChI is InChI=1S/C14H24N2O2/c1-10-9-11(14(17)18)4-8-16(10)13-5-7-15-6-2-3-12(13)15/h10-13H,2-9H2,1H3,(H,17,18). The predicted molar refractivity (Wildman–Crippen MR) is 69.5 cm³/mol. The van der Waals surface area contributed by atoms with Gasteiger partial charge >= 0.3 is 5.97 Å². The summed E-state index contributed by atoms with van der Waals surface area (Å²) in [6.45, 7) is 5.72. The highest BCUT2D eigenvalue weighted by Crippen LogP contribution is 2.35. The average Bonchev–Trinajstić information content (AvgIpc) is 2.91. The van der Waals surface area contributed by atoms with Gasteiger partial charge in [0.2, 0.25) is 0 Å². The molecule has 0 saturated carbocycles. The first kappa shape index (κ1) is 12.4. The van der Waals surface area contributed by atoms with Crippen molar-refractivity contribution in [3.8, 4) is 0 Å². The van der Waals surface area contributed by atoms with Gasteiger partial charge in [-0.25, -0.2) is 0 Å². The van der Waals surface area contributed by atoms with Crippen LogP contribution in [0.3, 0.4) is 0 Å². The zero-order valence-corrected chi connectivity index (χ0v) is 11.2. The van der Waals surface area contributed by atoms with Crippen LogP contribution in [-0.2, 0) is 4.79 Å². The molecule has 4 atom stereocenters. The molecule has 0 aromatic carbocycles. The van der Waals surface area contributed by atoms with E-state index in [2.05, 4.69) is 16.7 Å². The van der Waals surface area contributed by atoms with Crippen molar-refractivity contribution >= 4 is 5.97 Å². The van der Waals surface area contributed by atoms with Crippen molar-refractivity contribution in [2.75, 3.05) is 19.6 Å². The van der Waals surface area contributed by atoms with Crippen molar-refractivity contribution < 1.29 is 9.90 Å². The maximum atomic E-state index is 11.1. The van der Waals surface area contributed by atoms with Crippen molar-refractivity contribution in [2.45, 2.75) is 57.2 Å². The number of rotatable bonds is 2. The van der Waals surface area contributed by atoms with E-state index in [-0.39, 0.29) is 5.92 Å². The first-order chi connectivity index (χ1) is 8.66. The smallest absolute Gasteiger partial charge is 0.306 e. The summed E-state index contributed by atoms with van der Waals surface area (Å²) in [5.41, 5.74) is 0. The van der Waals surface area contributed by atoms with Gasteiger partial charge in [-0.05, 0) is 52.1 Å². The summed E-state index contributed by atoms with van der Waals surface area (Å²) in [5.74, 6) is -0.715. The molecule has 0 aromatic heterocycles. The van der Waals surface area contributed by atoms with E-state index in [0.29, 0.717) is 12.1 Å². The van der Waals surface area contributed by atoms with E-state index in [1.807, 2.05) is 0 Å². The third-order valence-corrected chi connectivity index (χ3v) is 5.27. The Morgan fingerprint density at radius 1 is 1.11 bits per heavy atom. The molecule has 102 valence electrons. The molecule has 18 heavy (non-hydrogen) atoms. The molecule has 0 aromatic rings. The number of likely N-dealkylation sites (tertiary alicyclic amines) is 1. The zero-order chi connectivity index (χ0) is 12.7. The summed E-state index contributed by atoms with van der Waals surface area (Å²) in [5, 5.41) is 9.13. The minimum atomic E-state index is -0.601. The predicted octanol–water partition coefficient (Wildman–Crippen LogP) is 1.41. The van der Waals surface area contributed by atoms with Crippen molar-refractivity contribution in [2.24, 2.45) is 5.92 Å². The number of nitrogens with zero attached hydrogens (tertiary/aromatic N) is 2. The van der Waals surface area contributed by atoms with Gasteiger partial charge in [0.25, 0.3) is 0 Å². The van der Waals surface area contributed by atoms with E-state index in [1.165, 1.54) is 32.4 Å². The lowest BCUT2D eigenvalue weighted by Crippen LogP contribution is -2.51. The molecule has 0 amide bonds. The number of hydrogen-bond acceptors (Lipinski definition) is 3. The summed E-state index contributed by atoms with van der Waals surface area (Å²) < 4.78 is 0. The normalized spacial score (nSPS) is 42.1. The molecule has 3 heterocycles. The third-order valence-electron chi connectivity index (χ3n) is 5.27. The molecule has 0 aliphatic carbocycles. The average molecular weight is 252 g/mol. The molecule has 3 aliphatic rings. The summed E-state index contributed by atoms with van der Waals surface area (Å²) in [6.07, 6.45) is 5.64. The van der Waals surface area contributed by atoms with Crippen LogP contribution >= 0.6 is 0 Å². The maximum Gasteiger partial charge on any atom is 0.306 e. The second-order valence-corrected chi connectivity index (χ2v) is 6.25. The number of carbonyl (C=O) groups is 1.